The molecule has 1 unspecified atom stereocenters. The molecule has 2 atom stereocenters. The standard InChI is InChI=1S/C20H30N4O2.2ClH/c1-15(25)10-20(2,3)13-22-19(26)18(21)9-17-12-24(14-23-17)11-16-7-5-4-6-8-16;;/h4-8,12,14-15,18,25H,9-11,13,21H2,1-3H3,(H,22,26);2*1H/t15?,18-;;/m0../s1. The quantitative estimate of drug-likeness (QED) is 0.569. The van der Waals surface area contributed by atoms with Gasteiger partial charge in [-0.1, -0.05) is 44.2 Å². The summed E-state index contributed by atoms with van der Waals surface area (Å²) in [5.74, 6) is -0.193. The van der Waals surface area contributed by atoms with Crippen LogP contribution in [-0.2, 0) is 17.8 Å². The Hall–Kier alpha value is -1.60. The molecule has 2 aromatic rings. The predicted molar refractivity (Wildman–Crippen MR) is 117 cm³/mol. The highest BCUT2D eigenvalue weighted by Crippen LogP contribution is 2.21. The van der Waals surface area contributed by atoms with Crippen LogP contribution in [-0.4, -0.2) is 39.3 Å². The summed E-state index contributed by atoms with van der Waals surface area (Å²) in [4.78, 5) is 16.6. The van der Waals surface area contributed by atoms with Crippen LogP contribution in [0.1, 0.15) is 38.4 Å². The molecule has 0 radical (unpaired) electrons. The van der Waals surface area contributed by atoms with Gasteiger partial charge < -0.3 is 20.7 Å². The number of carbonyl (C=O) groups excluding carboxylic acids is 1. The molecule has 0 aliphatic carbocycles. The van der Waals surface area contributed by atoms with Gasteiger partial charge in [0.15, 0.2) is 0 Å². The summed E-state index contributed by atoms with van der Waals surface area (Å²) >= 11 is 0. The van der Waals surface area contributed by atoms with Crippen LogP contribution in [0.25, 0.3) is 0 Å². The van der Waals surface area contributed by atoms with E-state index in [2.05, 4.69) is 22.4 Å². The molecule has 0 saturated carbocycles. The van der Waals surface area contributed by atoms with Crippen molar-refractivity contribution < 1.29 is 9.90 Å². The first kappa shape index (κ1) is 26.4. The zero-order chi connectivity index (χ0) is 19.2. The maximum atomic E-state index is 12.2. The van der Waals surface area contributed by atoms with Crippen molar-refractivity contribution in [1.82, 2.24) is 14.9 Å². The smallest absolute Gasteiger partial charge is 0.237 e. The van der Waals surface area contributed by atoms with Crippen molar-refractivity contribution in [2.45, 2.75) is 52.3 Å². The van der Waals surface area contributed by atoms with Gasteiger partial charge in [0, 0.05) is 25.7 Å². The number of aliphatic hydroxyl groups is 1. The second kappa shape index (κ2) is 12.1. The molecule has 4 N–H and O–H groups in total. The maximum absolute atomic E-state index is 12.2. The van der Waals surface area contributed by atoms with Gasteiger partial charge in [0.2, 0.25) is 5.91 Å². The third kappa shape index (κ3) is 9.06. The van der Waals surface area contributed by atoms with Crippen LogP contribution in [0.5, 0.6) is 0 Å². The number of nitrogens with zero attached hydrogens (tertiary/aromatic N) is 2. The highest BCUT2D eigenvalue weighted by Gasteiger charge is 2.23. The molecule has 0 bridgehead atoms. The van der Waals surface area contributed by atoms with Crippen molar-refractivity contribution in [2.75, 3.05) is 6.54 Å². The number of benzene rings is 1. The van der Waals surface area contributed by atoms with E-state index in [1.165, 1.54) is 5.56 Å². The van der Waals surface area contributed by atoms with Crippen molar-refractivity contribution in [2.24, 2.45) is 11.1 Å². The molecule has 0 fully saturated rings. The first-order valence-corrected chi connectivity index (χ1v) is 9.01. The summed E-state index contributed by atoms with van der Waals surface area (Å²) in [6.45, 7) is 6.99. The van der Waals surface area contributed by atoms with Gasteiger partial charge in [-0.15, -0.1) is 24.8 Å². The lowest BCUT2D eigenvalue weighted by Crippen LogP contribution is -2.45. The van der Waals surface area contributed by atoms with E-state index in [9.17, 15) is 9.90 Å². The Morgan fingerprint density at radius 3 is 2.54 bits per heavy atom. The molecule has 1 aromatic carbocycles. The van der Waals surface area contributed by atoms with Gasteiger partial charge >= 0.3 is 0 Å². The minimum Gasteiger partial charge on any atom is -0.393 e. The SMILES string of the molecule is CC(O)CC(C)(C)CNC(=O)[C@@H](N)Cc1cn(Cc2ccccc2)cn1.Cl.Cl. The number of hydrogen-bond donors (Lipinski definition) is 3. The fraction of sp³-hybridized carbons (Fsp3) is 0.500. The van der Waals surface area contributed by atoms with E-state index in [-0.39, 0.29) is 36.1 Å². The molecule has 1 heterocycles. The Bertz CT molecular complexity index is 705. The van der Waals surface area contributed by atoms with Gasteiger partial charge in [-0.05, 0) is 24.3 Å². The zero-order valence-corrected chi connectivity index (χ0v) is 18.3. The van der Waals surface area contributed by atoms with Crippen LogP contribution in [0.15, 0.2) is 42.9 Å². The summed E-state index contributed by atoms with van der Waals surface area (Å²) in [5, 5.41) is 12.4. The first-order valence-electron chi connectivity index (χ1n) is 9.01. The Morgan fingerprint density at radius 1 is 1.29 bits per heavy atom. The van der Waals surface area contributed by atoms with E-state index < -0.39 is 12.1 Å². The first-order chi connectivity index (χ1) is 12.2. The molecule has 2 rings (SSSR count). The highest BCUT2D eigenvalue weighted by molar-refractivity contribution is 5.85. The largest absolute Gasteiger partial charge is 0.393 e. The molecule has 0 spiro atoms. The highest BCUT2D eigenvalue weighted by atomic mass is 35.5. The number of nitrogens with two attached hydrogens (primary N) is 1. The van der Waals surface area contributed by atoms with Crippen molar-refractivity contribution in [1.29, 1.82) is 0 Å². The zero-order valence-electron chi connectivity index (χ0n) is 16.7. The summed E-state index contributed by atoms with van der Waals surface area (Å²) in [6.07, 6.45) is 4.30. The molecule has 1 aromatic heterocycles. The lowest BCUT2D eigenvalue weighted by atomic mass is 9.87. The van der Waals surface area contributed by atoms with Crippen molar-refractivity contribution in [3.63, 3.8) is 0 Å². The molecule has 1 amide bonds. The fourth-order valence-electron chi connectivity index (χ4n) is 3.04. The normalized spacial score (nSPS) is 13.0. The minimum absolute atomic E-state index is 0. The van der Waals surface area contributed by atoms with E-state index in [1.54, 1.807) is 13.3 Å². The number of carbonyl (C=O) groups is 1. The molecule has 0 aliphatic rings. The Morgan fingerprint density at radius 2 is 1.93 bits per heavy atom. The lowest BCUT2D eigenvalue weighted by molar-refractivity contribution is -0.122. The minimum atomic E-state index is -0.641. The Kier molecular flexibility index (Phi) is 11.4. The fourth-order valence-corrected chi connectivity index (χ4v) is 3.04. The summed E-state index contributed by atoms with van der Waals surface area (Å²) in [7, 11) is 0. The average molecular weight is 431 g/mol. The van der Waals surface area contributed by atoms with Crippen molar-refractivity contribution in [3.05, 3.63) is 54.1 Å². The van der Waals surface area contributed by atoms with Gasteiger partial charge in [-0.3, -0.25) is 4.79 Å². The number of rotatable bonds is 9. The van der Waals surface area contributed by atoms with Crippen LogP contribution in [0.3, 0.4) is 0 Å². The number of imidazole rings is 1. The molecular formula is C20H32Cl2N4O2. The monoisotopic (exact) mass is 430 g/mol. The Labute approximate surface area is 179 Å². The number of aliphatic hydroxyl groups excluding tert-OH is 1. The Balaban J connectivity index is 0.00000364. The summed E-state index contributed by atoms with van der Waals surface area (Å²) < 4.78 is 1.99. The van der Waals surface area contributed by atoms with Gasteiger partial charge in [-0.25, -0.2) is 4.98 Å². The topological polar surface area (TPSA) is 93.2 Å². The maximum Gasteiger partial charge on any atom is 0.237 e. The molecule has 158 valence electrons. The van der Waals surface area contributed by atoms with E-state index >= 15 is 0 Å². The second-order valence-electron chi connectivity index (χ2n) is 7.77. The predicted octanol–water partition coefficient (Wildman–Crippen LogP) is 2.56. The van der Waals surface area contributed by atoms with E-state index in [4.69, 9.17) is 5.73 Å². The van der Waals surface area contributed by atoms with Crippen LogP contribution in [0.4, 0.5) is 0 Å². The lowest BCUT2D eigenvalue weighted by Gasteiger charge is -2.27. The summed E-state index contributed by atoms with van der Waals surface area (Å²) in [5.41, 5.74) is 7.84. The molecular weight excluding hydrogens is 399 g/mol. The third-order valence-electron chi connectivity index (χ3n) is 4.25. The van der Waals surface area contributed by atoms with Gasteiger partial charge in [0.25, 0.3) is 0 Å². The van der Waals surface area contributed by atoms with Crippen LogP contribution >= 0.6 is 24.8 Å². The molecule has 0 saturated heterocycles. The van der Waals surface area contributed by atoms with Crippen LogP contribution in [0, 0.1) is 5.41 Å². The molecule has 6 nitrogen and oxygen atoms in total. The van der Waals surface area contributed by atoms with Gasteiger partial charge in [0.1, 0.15) is 0 Å². The number of aromatic nitrogens is 2. The van der Waals surface area contributed by atoms with E-state index in [0.29, 0.717) is 19.4 Å². The molecule has 0 aliphatic heterocycles. The van der Waals surface area contributed by atoms with Gasteiger partial charge in [-0.2, -0.15) is 0 Å². The molecule has 8 heteroatoms. The van der Waals surface area contributed by atoms with Crippen molar-refractivity contribution >= 4 is 30.7 Å². The molecule has 28 heavy (non-hydrogen) atoms. The number of nitrogens with one attached hydrogen (secondary N) is 1. The van der Waals surface area contributed by atoms with Crippen LogP contribution in [0.2, 0.25) is 0 Å². The number of halogens is 2. The second-order valence-corrected chi connectivity index (χ2v) is 7.77. The van der Waals surface area contributed by atoms with E-state index in [0.717, 1.165) is 12.2 Å². The van der Waals surface area contributed by atoms with Crippen LogP contribution < -0.4 is 11.1 Å². The average Bonchev–Trinajstić information content (AvgIpc) is 2.99. The third-order valence-corrected chi connectivity index (χ3v) is 4.25. The number of hydrogen-bond acceptors (Lipinski definition) is 4. The number of amides is 1. The summed E-state index contributed by atoms with van der Waals surface area (Å²) in [6, 6.07) is 9.49. The van der Waals surface area contributed by atoms with Gasteiger partial charge in [0.05, 0.1) is 24.2 Å². The van der Waals surface area contributed by atoms with Crippen molar-refractivity contribution in [3.8, 4) is 0 Å². The van der Waals surface area contributed by atoms with E-state index in [1.807, 2.05) is 42.8 Å².